The molecule has 4 atom stereocenters. The molecule has 0 radical (unpaired) electrons. The molecule has 0 saturated heterocycles. The monoisotopic (exact) mass is 431 g/mol. The molecule has 0 heterocycles. The molecule has 2 bridgehead atoms. The van der Waals surface area contributed by atoms with Gasteiger partial charge in [-0.3, -0.25) is 4.79 Å². The van der Waals surface area contributed by atoms with E-state index in [0.29, 0.717) is 25.0 Å². The Kier molecular flexibility index (Phi) is 10.6. The largest absolute Gasteiger partial charge is 0.492 e. The van der Waals surface area contributed by atoms with Gasteiger partial charge in [0.2, 0.25) is 5.91 Å². The van der Waals surface area contributed by atoms with E-state index >= 15 is 0 Å². The molecule has 0 aliphatic heterocycles. The lowest BCUT2D eigenvalue weighted by atomic mass is 9.84. The van der Waals surface area contributed by atoms with Gasteiger partial charge < -0.3 is 20.7 Å². The highest BCUT2D eigenvalue weighted by Gasteiger charge is 2.48. The Morgan fingerprint density at radius 2 is 1.79 bits per heavy atom. The summed E-state index contributed by atoms with van der Waals surface area (Å²) in [6, 6.07) is 8.05. The van der Waals surface area contributed by atoms with E-state index in [-0.39, 0.29) is 42.7 Å². The zero-order valence-electron chi connectivity index (χ0n) is 16.9. The van der Waals surface area contributed by atoms with Crippen LogP contribution in [-0.4, -0.2) is 43.1 Å². The van der Waals surface area contributed by atoms with E-state index in [1.807, 2.05) is 24.3 Å². The summed E-state index contributed by atoms with van der Waals surface area (Å²) in [6.45, 7) is 8.61. The first kappa shape index (κ1) is 25.0. The van der Waals surface area contributed by atoms with Crippen LogP contribution >= 0.6 is 24.8 Å². The van der Waals surface area contributed by atoms with Gasteiger partial charge in [-0.15, -0.1) is 24.8 Å². The number of carbonyl (C=O) groups excluding carboxylic acids is 1. The first-order chi connectivity index (χ1) is 12.6. The van der Waals surface area contributed by atoms with E-state index in [4.69, 9.17) is 10.5 Å². The Balaban J connectivity index is 0.00000196. The molecule has 2 aliphatic carbocycles. The third kappa shape index (κ3) is 5.99. The number of benzene rings is 1. The minimum Gasteiger partial charge on any atom is -0.492 e. The molecule has 2 aliphatic rings. The number of carbonyl (C=O) groups is 1. The van der Waals surface area contributed by atoms with Crippen LogP contribution in [0.3, 0.4) is 0 Å². The first-order valence-electron chi connectivity index (χ1n) is 10.1. The maximum atomic E-state index is 12.5. The van der Waals surface area contributed by atoms with Crippen molar-refractivity contribution in [3.8, 4) is 5.75 Å². The topological polar surface area (TPSA) is 67.6 Å². The minimum absolute atomic E-state index is 0. The molecule has 3 N–H and O–H groups in total. The third-order valence-electron chi connectivity index (χ3n) is 6.24. The van der Waals surface area contributed by atoms with Crippen molar-refractivity contribution in [3.63, 3.8) is 0 Å². The van der Waals surface area contributed by atoms with Crippen LogP contribution in [0.4, 0.5) is 0 Å². The standard InChI is InChI=1S/C21H33N3O2.2ClH/c1-3-24(4-2)11-12-26-18-9-5-15(6-10-18)14-23-21(25)19-16-7-8-17(13-16)20(19)22;;/h5-6,9-10,16-17,19-20H,3-4,7-8,11-14,22H2,1-2H3,(H,23,25);2*1H. The van der Waals surface area contributed by atoms with Crippen LogP contribution in [0.1, 0.15) is 38.7 Å². The fourth-order valence-corrected chi connectivity index (χ4v) is 4.57. The number of likely N-dealkylation sites (N-methyl/N-ethyl adjacent to an activating group) is 1. The summed E-state index contributed by atoms with van der Waals surface area (Å²) in [4.78, 5) is 14.9. The summed E-state index contributed by atoms with van der Waals surface area (Å²) in [5.74, 6) is 2.07. The van der Waals surface area contributed by atoms with Crippen molar-refractivity contribution in [1.82, 2.24) is 10.2 Å². The number of nitrogens with two attached hydrogens (primary N) is 1. The van der Waals surface area contributed by atoms with Crippen molar-refractivity contribution in [2.45, 2.75) is 45.7 Å². The van der Waals surface area contributed by atoms with Crippen LogP contribution < -0.4 is 15.8 Å². The van der Waals surface area contributed by atoms with Crippen LogP contribution in [0.15, 0.2) is 24.3 Å². The molecule has 4 unspecified atom stereocenters. The highest BCUT2D eigenvalue weighted by atomic mass is 35.5. The Labute approximate surface area is 181 Å². The molecule has 0 aromatic heterocycles. The normalized spacial score (nSPS) is 25.1. The predicted molar refractivity (Wildman–Crippen MR) is 118 cm³/mol. The summed E-state index contributed by atoms with van der Waals surface area (Å²) >= 11 is 0. The molecule has 3 rings (SSSR count). The van der Waals surface area contributed by atoms with Crippen molar-refractivity contribution in [2.24, 2.45) is 23.5 Å². The van der Waals surface area contributed by atoms with E-state index in [0.717, 1.165) is 43.8 Å². The molecule has 160 valence electrons. The second kappa shape index (κ2) is 11.9. The summed E-state index contributed by atoms with van der Waals surface area (Å²) in [7, 11) is 0. The van der Waals surface area contributed by atoms with Gasteiger partial charge in [0.05, 0.1) is 5.92 Å². The van der Waals surface area contributed by atoms with Gasteiger partial charge in [-0.25, -0.2) is 0 Å². The molecule has 2 saturated carbocycles. The molecule has 0 spiro atoms. The van der Waals surface area contributed by atoms with Crippen molar-refractivity contribution in [2.75, 3.05) is 26.2 Å². The number of hydrogen-bond acceptors (Lipinski definition) is 4. The molecule has 1 amide bonds. The van der Waals surface area contributed by atoms with E-state index in [1.165, 1.54) is 6.42 Å². The number of fused-ring (bicyclic) bond motifs is 2. The number of amides is 1. The van der Waals surface area contributed by atoms with Crippen molar-refractivity contribution in [1.29, 1.82) is 0 Å². The fraction of sp³-hybridized carbons (Fsp3) is 0.667. The highest BCUT2D eigenvalue weighted by molar-refractivity contribution is 5.85. The van der Waals surface area contributed by atoms with Crippen LogP contribution in [0, 0.1) is 17.8 Å². The molecule has 5 nitrogen and oxygen atoms in total. The number of rotatable bonds is 9. The number of nitrogens with one attached hydrogen (secondary N) is 1. The lowest BCUT2D eigenvalue weighted by molar-refractivity contribution is -0.127. The Morgan fingerprint density at radius 1 is 1.14 bits per heavy atom. The zero-order valence-corrected chi connectivity index (χ0v) is 18.6. The van der Waals surface area contributed by atoms with E-state index in [1.54, 1.807) is 0 Å². The minimum atomic E-state index is 0. The maximum absolute atomic E-state index is 12.5. The Morgan fingerprint density at radius 3 is 2.36 bits per heavy atom. The number of nitrogens with zero attached hydrogens (tertiary/aromatic N) is 1. The van der Waals surface area contributed by atoms with Crippen LogP contribution in [0.2, 0.25) is 0 Å². The van der Waals surface area contributed by atoms with E-state index in [9.17, 15) is 4.79 Å². The van der Waals surface area contributed by atoms with Gasteiger partial charge in [-0.1, -0.05) is 26.0 Å². The van der Waals surface area contributed by atoms with Gasteiger partial charge in [0.25, 0.3) is 0 Å². The second-order valence-electron chi connectivity index (χ2n) is 7.67. The van der Waals surface area contributed by atoms with Gasteiger partial charge in [0.1, 0.15) is 12.4 Å². The maximum Gasteiger partial charge on any atom is 0.225 e. The molecule has 1 aromatic carbocycles. The third-order valence-corrected chi connectivity index (χ3v) is 6.24. The van der Waals surface area contributed by atoms with Gasteiger partial charge >= 0.3 is 0 Å². The van der Waals surface area contributed by atoms with Crippen LogP contribution in [0.5, 0.6) is 5.75 Å². The molecule has 7 heteroatoms. The van der Waals surface area contributed by atoms with Gasteiger partial charge in [-0.05, 0) is 61.9 Å². The summed E-state index contributed by atoms with van der Waals surface area (Å²) in [5, 5.41) is 3.08. The van der Waals surface area contributed by atoms with Gasteiger partial charge in [0, 0.05) is 19.1 Å². The lowest BCUT2D eigenvalue weighted by Gasteiger charge is -2.27. The number of ether oxygens (including phenoxy) is 1. The van der Waals surface area contributed by atoms with E-state index < -0.39 is 0 Å². The van der Waals surface area contributed by atoms with E-state index in [2.05, 4.69) is 24.1 Å². The summed E-state index contributed by atoms with van der Waals surface area (Å²) in [5.41, 5.74) is 7.35. The van der Waals surface area contributed by atoms with Gasteiger partial charge in [-0.2, -0.15) is 0 Å². The van der Waals surface area contributed by atoms with Crippen LogP contribution in [0.25, 0.3) is 0 Å². The summed E-state index contributed by atoms with van der Waals surface area (Å²) < 4.78 is 5.80. The summed E-state index contributed by atoms with van der Waals surface area (Å²) in [6.07, 6.45) is 3.50. The smallest absolute Gasteiger partial charge is 0.225 e. The molecule has 28 heavy (non-hydrogen) atoms. The Bertz CT molecular complexity index is 594. The average molecular weight is 432 g/mol. The van der Waals surface area contributed by atoms with Gasteiger partial charge in [0.15, 0.2) is 0 Å². The zero-order chi connectivity index (χ0) is 18.5. The van der Waals surface area contributed by atoms with Crippen LogP contribution in [-0.2, 0) is 11.3 Å². The van der Waals surface area contributed by atoms with Crippen molar-refractivity contribution < 1.29 is 9.53 Å². The Hall–Kier alpha value is -1.01. The number of halogens is 2. The molecule has 1 aromatic rings. The molecular weight excluding hydrogens is 397 g/mol. The molecular formula is C21H35Cl2N3O2. The fourth-order valence-electron chi connectivity index (χ4n) is 4.57. The SMILES string of the molecule is CCN(CC)CCOc1ccc(CNC(=O)C2C3CCC(C3)C2N)cc1.Cl.Cl. The average Bonchev–Trinajstić information content (AvgIpc) is 3.25. The molecule has 2 fully saturated rings. The van der Waals surface area contributed by atoms with Crippen molar-refractivity contribution in [3.05, 3.63) is 29.8 Å². The predicted octanol–water partition coefficient (Wildman–Crippen LogP) is 3.24. The highest BCUT2D eigenvalue weighted by Crippen LogP contribution is 2.47. The number of hydrogen-bond donors (Lipinski definition) is 2. The van der Waals surface area contributed by atoms with Crippen molar-refractivity contribution >= 4 is 30.7 Å². The second-order valence-corrected chi connectivity index (χ2v) is 7.67. The quantitative estimate of drug-likeness (QED) is 0.629. The first-order valence-corrected chi connectivity index (χ1v) is 10.1. The lowest BCUT2D eigenvalue weighted by Crippen LogP contribution is -2.45.